The highest BCUT2D eigenvalue weighted by atomic mass is 16.5. The fourth-order valence-electron chi connectivity index (χ4n) is 3.02. The minimum absolute atomic E-state index is 0.0386. The van der Waals surface area contributed by atoms with E-state index in [9.17, 15) is 4.79 Å². The van der Waals surface area contributed by atoms with Gasteiger partial charge in [-0.1, -0.05) is 36.4 Å². The molecule has 1 aromatic heterocycles. The van der Waals surface area contributed by atoms with E-state index in [1.165, 1.54) is 5.56 Å². The molecule has 4 nitrogen and oxygen atoms in total. The van der Waals surface area contributed by atoms with E-state index in [0.717, 1.165) is 18.6 Å². The molecule has 23 heavy (non-hydrogen) atoms. The van der Waals surface area contributed by atoms with Crippen molar-refractivity contribution in [2.24, 2.45) is 5.92 Å². The van der Waals surface area contributed by atoms with Gasteiger partial charge in [0.25, 0.3) is 0 Å². The summed E-state index contributed by atoms with van der Waals surface area (Å²) in [6.45, 7) is 3.30. The summed E-state index contributed by atoms with van der Waals surface area (Å²) in [5.74, 6) is 0.167. The lowest BCUT2D eigenvalue weighted by atomic mass is 9.95. The number of rotatable bonds is 5. The average molecular weight is 310 g/mol. The van der Waals surface area contributed by atoms with Crippen LogP contribution in [0.2, 0.25) is 0 Å². The Morgan fingerprint density at radius 2 is 2.13 bits per heavy atom. The van der Waals surface area contributed by atoms with Crippen molar-refractivity contribution in [3.8, 4) is 0 Å². The molecule has 4 heteroatoms. The van der Waals surface area contributed by atoms with Gasteiger partial charge in [0.05, 0.1) is 12.0 Å². The molecule has 1 saturated heterocycles. The summed E-state index contributed by atoms with van der Waals surface area (Å²) in [5.41, 5.74) is 2.12. The Bertz CT molecular complexity index is 630. The number of carbonyl (C=O) groups excluding carboxylic acids is 1. The zero-order chi connectivity index (χ0) is 16.1. The molecule has 120 valence electrons. The molecule has 1 aromatic carbocycles. The number of hydrogen-bond donors (Lipinski definition) is 1. The van der Waals surface area contributed by atoms with E-state index in [0.29, 0.717) is 12.5 Å². The normalized spacial score (nSPS) is 21.8. The van der Waals surface area contributed by atoms with Crippen LogP contribution in [0.25, 0.3) is 0 Å². The van der Waals surface area contributed by atoms with E-state index >= 15 is 0 Å². The van der Waals surface area contributed by atoms with E-state index < -0.39 is 0 Å². The number of nitrogens with one attached hydrogen (secondary N) is 1. The number of pyridine rings is 1. The lowest BCUT2D eigenvalue weighted by Crippen LogP contribution is -2.33. The fourth-order valence-corrected chi connectivity index (χ4v) is 3.02. The standard InChI is InChI=1S/C19H22N2O2/c1-14(16-8-5-10-20-12-16)19(22)21-13-17-9-11-23-18(17)15-6-3-2-4-7-15/h2-8,10,12,14,17-18H,9,11,13H2,1H3,(H,21,22)/t14?,17-,18-/m0/s1. The maximum absolute atomic E-state index is 12.4. The first-order chi connectivity index (χ1) is 11.3. The van der Waals surface area contributed by atoms with Crippen LogP contribution in [-0.2, 0) is 9.53 Å². The second kappa shape index (κ2) is 7.38. The summed E-state index contributed by atoms with van der Waals surface area (Å²) in [5, 5.41) is 3.08. The molecule has 1 aliphatic heterocycles. The fraction of sp³-hybridized carbons (Fsp3) is 0.368. The molecule has 0 spiro atoms. The monoisotopic (exact) mass is 310 g/mol. The topological polar surface area (TPSA) is 51.2 Å². The smallest absolute Gasteiger partial charge is 0.227 e. The van der Waals surface area contributed by atoms with Crippen molar-refractivity contribution >= 4 is 5.91 Å². The second-order valence-electron chi connectivity index (χ2n) is 6.00. The molecule has 0 bridgehead atoms. The van der Waals surface area contributed by atoms with Crippen molar-refractivity contribution in [2.45, 2.75) is 25.4 Å². The quantitative estimate of drug-likeness (QED) is 0.923. The third-order valence-corrected chi connectivity index (χ3v) is 4.46. The van der Waals surface area contributed by atoms with E-state index in [-0.39, 0.29) is 17.9 Å². The van der Waals surface area contributed by atoms with Gasteiger partial charge in [0, 0.05) is 31.5 Å². The molecule has 1 amide bonds. The molecule has 1 N–H and O–H groups in total. The van der Waals surface area contributed by atoms with Gasteiger partial charge in [-0.3, -0.25) is 9.78 Å². The van der Waals surface area contributed by atoms with Gasteiger partial charge in [0.2, 0.25) is 5.91 Å². The Kier molecular flexibility index (Phi) is 5.03. The highest BCUT2D eigenvalue weighted by molar-refractivity contribution is 5.83. The van der Waals surface area contributed by atoms with Crippen LogP contribution in [0.5, 0.6) is 0 Å². The van der Waals surface area contributed by atoms with Gasteiger partial charge in [-0.15, -0.1) is 0 Å². The molecule has 0 radical (unpaired) electrons. The number of hydrogen-bond acceptors (Lipinski definition) is 3. The Morgan fingerprint density at radius 1 is 1.30 bits per heavy atom. The van der Waals surface area contributed by atoms with E-state index in [1.54, 1.807) is 12.4 Å². The van der Waals surface area contributed by atoms with Gasteiger partial charge in [-0.25, -0.2) is 0 Å². The zero-order valence-corrected chi connectivity index (χ0v) is 13.3. The zero-order valence-electron chi connectivity index (χ0n) is 13.3. The molecular formula is C19H22N2O2. The summed E-state index contributed by atoms with van der Waals surface area (Å²) in [6, 6.07) is 14.0. The summed E-state index contributed by atoms with van der Waals surface area (Å²) >= 11 is 0. The molecule has 3 atom stereocenters. The predicted molar refractivity (Wildman–Crippen MR) is 88.9 cm³/mol. The highest BCUT2D eigenvalue weighted by Crippen LogP contribution is 2.34. The maximum atomic E-state index is 12.4. The Labute approximate surface area is 136 Å². The van der Waals surface area contributed by atoms with Crippen LogP contribution in [0.4, 0.5) is 0 Å². The summed E-state index contributed by atoms with van der Waals surface area (Å²) in [7, 11) is 0. The number of aromatic nitrogens is 1. The van der Waals surface area contributed by atoms with Crippen molar-refractivity contribution in [3.05, 3.63) is 66.0 Å². The lowest BCUT2D eigenvalue weighted by molar-refractivity contribution is -0.122. The average Bonchev–Trinajstić information content (AvgIpc) is 3.09. The Morgan fingerprint density at radius 3 is 2.87 bits per heavy atom. The molecule has 1 unspecified atom stereocenters. The first-order valence-electron chi connectivity index (χ1n) is 8.10. The molecule has 3 rings (SSSR count). The van der Waals surface area contributed by atoms with Crippen molar-refractivity contribution in [2.75, 3.05) is 13.2 Å². The van der Waals surface area contributed by atoms with Crippen molar-refractivity contribution < 1.29 is 9.53 Å². The number of amides is 1. The molecule has 0 saturated carbocycles. The molecule has 2 heterocycles. The van der Waals surface area contributed by atoms with E-state index in [1.807, 2.05) is 37.3 Å². The molecule has 0 aliphatic carbocycles. The van der Waals surface area contributed by atoms with Crippen LogP contribution in [0.3, 0.4) is 0 Å². The maximum Gasteiger partial charge on any atom is 0.227 e. The van der Waals surface area contributed by atoms with Crippen molar-refractivity contribution in [3.63, 3.8) is 0 Å². The number of benzene rings is 1. The van der Waals surface area contributed by atoms with E-state index in [4.69, 9.17) is 4.74 Å². The summed E-state index contributed by atoms with van der Waals surface area (Å²) in [4.78, 5) is 16.4. The predicted octanol–water partition coefficient (Wildman–Crippen LogP) is 3.08. The lowest BCUT2D eigenvalue weighted by Gasteiger charge is -2.20. The van der Waals surface area contributed by atoms with E-state index in [2.05, 4.69) is 22.4 Å². The van der Waals surface area contributed by atoms with Crippen molar-refractivity contribution in [1.29, 1.82) is 0 Å². The van der Waals surface area contributed by atoms with Gasteiger partial charge < -0.3 is 10.1 Å². The largest absolute Gasteiger partial charge is 0.373 e. The third-order valence-electron chi connectivity index (χ3n) is 4.46. The molecule has 2 aromatic rings. The Balaban J connectivity index is 1.58. The summed E-state index contributed by atoms with van der Waals surface area (Å²) < 4.78 is 5.87. The van der Waals surface area contributed by atoms with Gasteiger partial charge in [-0.05, 0) is 30.5 Å². The van der Waals surface area contributed by atoms with Gasteiger partial charge in [0.15, 0.2) is 0 Å². The first-order valence-corrected chi connectivity index (χ1v) is 8.10. The van der Waals surface area contributed by atoms with Gasteiger partial charge >= 0.3 is 0 Å². The summed E-state index contributed by atoms with van der Waals surface area (Å²) in [6.07, 6.45) is 4.51. The minimum atomic E-state index is -0.193. The van der Waals surface area contributed by atoms with Crippen LogP contribution < -0.4 is 5.32 Å². The van der Waals surface area contributed by atoms with Crippen molar-refractivity contribution in [1.82, 2.24) is 10.3 Å². The number of nitrogens with zero attached hydrogens (tertiary/aromatic N) is 1. The minimum Gasteiger partial charge on any atom is -0.373 e. The first kappa shape index (κ1) is 15.7. The third kappa shape index (κ3) is 3.77. The number of ether oxygens (including phenoxy) is 1. The van der Waals surface area contributed by atoms with Crippen LogP contribution in [0.1, 0.15) is 36.5 Å². The highest BCUT2D eigenvalue weighted by Gasteiger charge is 2.30. The van der Waals surface area contributed by atoms with Crippen LogP contribution in [-0.4, -0.2) is 24.0 Å². The van der Waals surface area contributed by atoms with Crippen LogP contribution in [0, 0.1) is 5.92 Å². The SMILES string of the molecule is CC(C(=O)NC[C@@H]1CCO[C@H]1c1ccccc1)c1cccnc1. The van der Waals surface area contributed by atoms with Crippen LogP contribution >= 0.6 is 0 Å². The molecule has 1 aliphatic rings. The van der Waals surface area contributed by atoms with Crippen LogP contribution in [0.15, 0.2) is 54.9 Å². The second-order valence-corrected chi connectivity index (χ2v) is 6.00. The molecular weight excluding hydrogens is 288 g/mol. The molecule has 1 fully saturated rings. The van der Waals surface area contributed by atoms with Gasteiger partial charge in [-0.2, -0.15) is 0 Å². The van der Waals surface area contributed by atoms with Gasteiger partial charge in [0.1, 0.15) is 0 Å². The Hall–Kier alpha value is -2.20. The number of carbonyl (C=O) groups is 1.